The van der Waals surface area contributed by atoms with Crippen molar-refractivity contribution in [3.63, 3.8) is 0 Å². The molecule has 0 aliphatic rings. The minimum Gasteiger partial charge on any atom is -0.469 e. The van der Waals surface area contributed by atoms with Gasteiger partial charge in [-0.15, -0.1) is 0 Å². The number of carbonyl (C=O) groups excluding carboxylic acids is 3. The fourth-order valence-electron chi connectivity index (χ4n) is 1.60. The number of Topliss-reactive ketones (excluding diaryl/α,β-unsaturated/α-hetero) is 1. The van der Waals surface area contributed by atoms with Crippen LogP contribution in [-0.2, 0) is 28.6 Å². The highest BCUT2D eigenvalue weighted by Gasteiger charge is 2.40. The Morgan fingerprint density at radius 2 is 1.67 bits per heavy atom. The smallest absolute Gasteiger partial charge is 0.317 e. The van der Waals surface area contributed by atoms with Crippen LogP contribution in [0.2, 0.25) is 0 Å². The zero-order valence-corrected chi connectivity index (χ0v) is 11.2. The van der Waals surface area contributed by atoms with Crippen molar-refractivity contribution in [2.75, 3.05) is 27.4 Å². The van der Waals surface area contributed by atoms with E-state index in [4.69, 9.17) is 9.47 Å². The molecule has 6 heteroatoms. The van der Waals surface area contributed by atoms with Crippen LogP contribution in [-0.4, -0.2) is 45.2 Å². The van der Waals surface area contributed by atoms with Gasteiger partial charge in [-0.25, -0.2) is 0 Å². The molecule has 0 saturated carbocycles. The van der Waals surface area contributed by atoms with E-state index in [-0.39, 0.29) is 25.4 Å². The minimum atomic E-state index is -1.16. The Morgan fingerprint density at radius 1 is 1.06 bits per heavy atom. The van der Waals surface area contributed by atoms with E-state index in [1.165, 1.54) is 14.2 Å². The van der Waals surface area contributed by atoms with Crippen molar-refractivity contribution < 1.29 is 28.6 Å². The molecule has 0 fully saturated rings. The van der Waals surface area contributed by atoms with Gasteiger partial charge in [0.1, 0.15) is 17.6 Å². The summed E-state index contributed by atoms with van der Waals surface area (Å²) in [5.41, 5.74) is 0. The van der Waals surface area contributed by atoms with E-state index in [2.05, 4.69) is 4.74 Å². The SMILES string of the molecule is CCOC(=O)[C@H](C(=O)CC)[C@@H](COC)C(=O)OC. The Kier molecular flexibility index (Phi) is 7.94. The predicted molar refractivity (Wildman–Crippen MR) is 62.8 cm³/mol. The number of methoxy groups -OCH3 is 2. The van der Waals surface area contributed by atoms with Gasteiger partial charge in [-0.2, -0.15) is 0 Å². The molecule has 2 atom stereocenters. The second kappa shape index (κ2) is 8.63. The largest absolute Gasteiger partial charge is 0.469 e. The molecule has 0 unspecified atom stereocenters. The summed E-state index contributed by atoms with van der Waals surface area (Å²) in [5, 5.41) is 0. The third-order valence-corrected chi connectivity index (χ3v) is 2.49. The Morgan fingerprint density at radius 3 is 2.06 bits per heavy atom. The van der Waals surface area contributed by atoms with Crippen LogP contribution in [0.5, 0.6) is 0 Å². The van der Waals surface area contributed by atoms with Crippen molar-refractivity contribution >= 4 is 17.7 Å². The van der Waals surface area contributed by atoms with Crippen molar-refractivity contribution in [1.82, 2.24) is 0 Å². The fourth-order valence-corrected chi connectivity index (χ4v) is 1.60. The summed E-state index contributed by atoms with van der Waals surface area (Å²) in [7, 11) is 2.58. The van der Waals surface area contributed by atoms with Crippen LogP contribution in [0.25, 0.3) is 0 Å². The van der Waals surface area contributed by atoms with Crippen LogP contribution >= 0.6 is 0 Å². The van der Waals surface area contributed by atoms with Crippen LogP contribution in [0.15, 0.2) is 0 Å². The van der Waals surface area contributed by atoms with Crippen molar-refractivity contribution in [3.8, 4) is 0 Å². The van der Waals surface area contributed by atoms with E-state index in [0.717, 1.165) is 0 Å². The average molecular weight is 260 g/mol. The lowest BCUT2D eigenvalue weighted by Crippen LogP contribution is -2.39. The number of hydrogen-bond acceptors (Lipinski definition) is 6. The average Bonchev–Trinajstić information content (AvgIpc) is 2.37. The summed E-state index contributed by atoms with van der Waals surface area (Å²) in [5.74, 6) is -3.86. The molecule has 0 heterocycles. The first kappa shape index (κ1) is 16.6. The summed E-state index contributed by atoms with van der Waals surface area (Å²) in [4.78, 5) is 35.2. The third-order valence-electron chi connectivity index (χ3n) is 2.49. The summed E-state index contributed by atoms with van der Waals surface area (Å²) in [6, 6.07) is 0. The molecule has 0 amide bonds. The molecule has 0 radical (unpaired) electrons. The van der Waals surface area contributed by atoms with Gasteiger partial charge in [-0.3, -0.25) is 14.4 Å². The van der Waals surface area contributed by atoms with Gasteiger partial charge in [-0.05, 0) is 6.92 Å². The van der Waals surface area contributed by atoms with E-state index < -0.39 is 23.8 Å². The highest BCUT2D eigenvalue weighted by Crippen LogP contribution is 2.19. The van der Waals surface area contributed by atoms with Crippen LogP contribution in [0.4, 0.5) is 0 Å². The maximum absolute atomic E-state index is 11.8. The van der Waals surface area contributed by atoms with Crippen LogP contribution in [0.3, 0.4) is 0 Å². The van der Waals surface area contributed by atoms with E-state index >= 15 is 0 Å². The van der Waals surface area contributed by atoms with Crippen LogP contribution < -0.4 is 0 Å². The molecule has 6 nitrogen and oxygen atoms in total. The van der Waals surface area contributed by atoms with Crippen molar-refractivity contribution in [1.29, 1.82) is 0 Å². The minimum absolute atomic E-state index is 0.0676. The molecule has 0 aromatic rings. The zero-order chi connectivity index (χ0) is 14.1. The van der Waals surface area contributed by atoms with Crippen LogP contribution in [0.1, 0.15) is 20.3 Å². The Labute approximate surface area is 107 Å². The first-order valence-corrected chi connectivity index (χ1v) is 5.79. The predicted octanol–water partition coefficient (Wildman–Crippen LogP) is 0.580. The van der Waals surface area contributed by atoms with Gasteiger partial charge in [-0.1, -0.05) is 6.92 Å². The van der Waals surface area contributed by atoms with Gasteiger partial charge in [0, 0.05) is 13.5 Å². The molecule has 0 N–H and O–H groups in total. The molecule has 104 valence electrons. The second-order valence-electron chi connectivity index (χ2n) is 3.63. The Hall–Kier alpha value is -1.43. The normalized spacial score (nSPS) is 13.6. The van der Waals surface area contributed by atoms with Gasteiger partial charge >= 0.3 is 11.9 Å². The number of rotatable bonds is 8. The van der Waals surface area contributed by atoms with E-state index in [0.29, 0.717) is 0 Å². The number of carbonyl (C=O) groups is 3. The fraction of sp³-hybridized carbons (Fsp3) is 0.750. The maximum Gasteiger partial charge on any atom is 0.317 e. The number of ketones is 1. The topological polar surface area (TPSA) is 78.9 Å². The number of ether oxygens (including phenoxy) is 3. The van der Waals surface area contributed by atoms with Gasteiger partial charge in [0.15, 0.2) is 0 Å². The molecule has 0 aliphatic heterocycles. The molecule has 0 spiro atoms. The molecular formula is C12H20O6. The third kappa shape index (κ3) is 4.44. The van der Waals surface area contributed by atoms with Gasteiger partial charge in [0.25, 0.3) is 0 Å². The lowest BCUT2D eigenvalue weighted by molar-refractivity contribution is -0.164. The lowest BCUT2D eigenvalue weighted by atomic mass is 9.88. The van der Waals surface area contributed by atoms with Gasteiger partial charge in [0.05, 0.1) is 20.3 Å². The molecule has 0 aliphatic carbocycles. The first-order chi connectivity index (χ1) is 8.53. The van der Waals surface area contributed by atoms with Crippen LogP contribution in [0, 0.1) is 11.8 Å². The molecule has 18 heavy (non-hydrogen) atoms. The first-order valence-electron chi connectivity index (χ1n) is 5.79. The highest BCUT2D eigenvalue weighted by atomic mass is 16.5. The van der Waals surface area contributed by atoms with Crippen molar-refractivity contribution in [2.24, 2.45) is 11.8 Å². The summed E-state index contributed by atoms with van der Waals surface area (Å²) >= 11 is 0. The Balaban J connectivity index is 5.15. The zero-order valence-electron chi connectivity index (χ0n) is 11.2. The Bertz CT molecular complexity index is 299. The quantitative estimate of drug-likeness (QED) is 0.469. The lowest BCUT2D eigenvalue weighted by Gasteiger charge is -2.21. The summed E-state index contributed by atoms with van der Waals surface area (Å²) in [6.45, 7) is 3.33. The molecule has 0 bridgehead atoms. The standard InChI is InChI=1S/C12H20O6/c1-5-9(13)10(12(15)18-6-2)8(7-16-3)11(14)17-4/h8,10H,5-7H2,1-4H3/t8-,10+/m1/s1. The summed E-state index contributed by atoms with van der Waals surface area (Å²) < 4.78 is 14.3. The molecular weight excluding hydrogens is 240 g/mol. The van der Waals surface area contributed by atoms with E-state index in [9.17, 15) is 14.4 Å². The second-order valence-corrected chi connectivity index (χ2v) is 3.63. The van der Waals surface area contributed by atoms with Gasteiger partial charge < -0.3 is 14.2 Å². The van der Waals surface area contributed by atoms with E-state index in [1.54, 1.807) is 13.8 Å². The van der Waals surface area contributed by atoms with Crippen molar-refractivity contribution in [2.45, 2.75) is 20.3 Å². The monoisotopic (exact) mass is 260 g/mol. The highest BCUT2D eigenvalue weighted by molar-refractivity contribution is 6.02. The molecule has 0 saturated heterocycles. The maximum atomic E-state index is 11.8. The summed E-state index contributed by atoms with van der Waals surface area (Å²) in [6.07, 6.45) is 0.140. The molecule has 0 aromatic heterocycles. The number of hydrogen-bond donors (Lipinski definition) is 0. The number of esters is 2. The van der Waals surface area contributed by atoms with E-state index in [1.807, 2.05) is 0 Å². The van der Waals surface area contributed by atoms with Gasteiger partial charge in [0.2, 0.25) is 0 Å². The molecule has 0 aromatic carbocycles. The molecule has 0 rings (SSSR count). The van der Waals surface area contributed by atoms with Crippen molar-refractivity contribution in [3.05, 3.63) is 0 Å².